The lowest BCUT2D eigenvalue weighted by Gasteiger charge is -2.07. The Morgan fingerprint density at radius 2 is 2.06 bits per heavy atom. The summed E-state index contributed by atoms with van der Waals surface area (Å²) in [5.74, 6) is 0. The van der Waals surface area contributed by atoms with E-state index in [2.05, 4.69) is 9.97 Å². The standard InChI is InChI=1S/C11H12N2OS2/c1-7-8(2)12-11(16(3)14)13-10(7)9-5-4-6-15-9/h4-6H,1-3H3. The molecule has 0 fully saturated rings. The van der Waals surface area contributed by atoms with Gasteiger partial charge in [0.05, 0.1) is 21.4 Å². The molecule has 0 amide bonds. The Morgan fingerprint density at radius 3 is 2.62 bits per heavy atom. The Hall–Kier alpha value is -1.07. The summed E-state index contributed by atoms with van der Waals surface area (Å²) < 4.78 is 11.4. The zero-order valence-electron chi connectivity index (χ0n) is 9.35. The molecule has 0 radical (unpaired) electrons. The highest BCUT2D eigenvalue weighted by Gasteiger charge is 2.12. The van der Waals surface area contributed by atoms with Crippen molar-refractivity contribution in [1.29, 1.82) is 0 Å². The number of aromatic nitrogens is 2. The summed E-state index contributed by atoms with van der Waals surface area (Å²) >= 11 is 1.63. The summed E-state index contributed by atoms with van der Waals surface area (Å²) in [4.78, 5) is 9.70. The lowest BCUT2D eigenvalue weighted by atomic mass is 10.2. The summed E-state index contributed by atoms with van der Waals surface area (Å²) in [6, 6.07) is 4.00. The number of nitrogens with zero attached hydrogens (tertiary/aromatic N) is 2. The largest absolute Gasteiger partial charge is 0.251 e. The Kier molecular flexibility index (Phi) is 3.16. The van der Waals surface area contributed by atoms with E-state index in [1.165, 1.54) is 0 Å². The molecule has 2 aromatic heterocycles. The quantitative estimate of drug-likeness (QED) is 0.771. The zero-order chi connectivity index (χ0) is 11.7. The van der Waals surface area contributed by atoms with Crippen LogP contribution in [0.4, 0.5) is 0 Å². The van der Waals surface area contributed by atoms with Crippen LogP contribution >= 0.6 is 11.3 Å². The van der Waals surface area contributed by atoms with Crippen molar-refractivity contribution < 1.29 is 4.21 Å². The van der Waals surface area contributed by atoms with E-state index < -0.39 is 10.8 Å². The van der Waals surface area contributed by atoms with Crippen LogP contribution in [0, 0.1) is 13.8 Å². The van der Waals surface area contributed by atoms with E-state index in [0.717, 1.165) is 21.8 Å². The molecule has 0 saturated heterocycles. The van der Waals surface area contributed by atoms with Gasteiger partial charge in [-0.05, 0) is 30.9 Å². The predicted octanol–water partition coefficient (Wildman–Crippen LogP) is 2.56. The fourth-order valence-electron chi connectivity index (χ4n) is 1.38. The van der Waals surface area contributed by atoms with Gasteiger partial charge in [0.2, 0.25) is 5.16 Å². The van der Waals surface area contributed by atoms with Crippen LogP contribution in [-0.2, 0) is 10.8 Å². The molecule has 84 valence electrons. The topological polar surface area (TPSA) is 42.9 Å². The second-order valence-electron chi connectivity index (χ2n) is 3.50. The third kappa shape index (κ3) is 2.05. The van der Waals surface area contributed by atoms with Crippen molar-refractivity contribution in [1.82, 2.24) is 9.97 Å². The van der Waals surface area contributed by atoms with Gasteiger partial charge in [0.1, 0.15) is 0 Å². The Bertz CT molecular complexity index is 535. The number of hydrogen-bond acceptors (Lipinski definition) is 4. The van der Waals surface area contributed by atoms with Crippen molar-refractivity contribution in [2.45, 2.75) is 19.0 Å². The maximum absolute atomic E-state index is 11.4. The van der Waals surface area contributed by atoms with Crippen LogP contribution in [0.1, 0.15) is 11.3 Å². The van der Waals surface area contributed by atoms with E-state index in [-0.39, 0.29) is 0 Å². The summed E-state index contributed by atoms with van der Waals surface area (Å²) in [5, 5.41) is 2.42. The maximum atomic E-state index is 11.4. The van der Waals surface area contributed by atoms with E-state index in [1.54, 1.807) is 17.6 Å². The van der Waals surface area contributed by atoms with Crippen molar-refractivity contribution in [2.75, 3.05) is 6.26 Å². The molecule has 1 atom stereocenters. The van der Waals surface area contributed by atoms with Gasteiger partial charge in [0, 0.05) is 11.9 Å². The van der Waals surface area contributed by atoms with Crippen LogP contribution < -0.4 is 0 Å². The van der Waals surface area contributed by atoms with Crippen LogP contribution in [0.25, 0.3) is 10.6 Å². The van der Waals surface area contributed by atoms with Gasteiger partial charge in [-0.2, -0.15) is 0 Å². The normalized spacial score (nSPS) is 12.7. The average molecular weight is 252 g/mol. The van der Waals surface area contributed by atoms with Crippen LogP contribution in [0.2, 0.25) is 0 Å². The molecule has 16 heavy (non-hydrogen) atoms. The molecular weight excluding hydrogens is 240 g/mol. The first kappa shape index (κ1) is 11.4. The summed E-state index contributed by atoms with van der Waals surface area (Å²) in [6.45, 7) is 3.91. The van der Waals surface area contributed by atoms with E-state index >= 15 is 0 Å². The molecule has 0 N–H and O–H groups in total. The summed E-state index contributed by atoms with van der Waals surface area (Å²) in [5.41, 5.74) is 2.84. The Labute approximate surface area is 101 Å². The fourth-order valence-corrected chi connectivity index (χ4v) is 2.64. The average Bonchev–Trinajstić information content (AvgIpc) is 2.74. The Balaban J connectivity index is 2.65. The predicted molar refractivity (Wildman–Crippen MR) is 67.2 cm³/mol. The number of thiophene rings is 1. The highest BCUT2D eigenvalue weighted by atomic mass is 32.2. The first-order chi connectivity index (χ1) is 7.59. The summed E-state index contributed by atoms with van der Waals surface area (Å²) in [7, 11) is -1.14. The molecular formula is C11H12N2OS2. The van der Waals surface area contributed by atoms with Gasteiger partial charge in [-0.25, -0.2) is 9.97 Å². The molecule has 0 aliphatic carbocycles. The third-order valence-electron chi connectivity index (χ3n) is 2.38. The third-order valence-corrected chi connectivity index (χ3v) is 3.95. The Morgan fingerprint density at radius 1 is 1.31 bits per heavy atom. The number of aryl methyl sites for hydroxylation is 1. The maximum Gasteiger partial charge on any atom is 0.219 e. The second kappa shape index (κ2) is 4.43. The second-order valence-corrected chi connectivity index (χ2v) is 5.72. The van der Waals surface area contributed by atoms with Gasteiger partial charge >= 0.3 is 0 Å². The molecule has 2 heterocycles. The van der Waals surface area contributed by atoms with Gasteiger partial charge in [-0.1, -0.05) is 6.07 Å². The smallest absolute Gasteiger partial charge is 0.219 e. The molecule has 2 rings (SSSR count). The molecule has 5 heteroatoms. The van der Waals surface area contributed by atoms with Crippen molar-refractivity contribution in [2.24, 2.45) is 0 Å². The highest BCUT2D eigenvalue weighted by molar-refractivity contribution is 7.84. The lowest BCUT2D eigenvalue weighted by molar-refractivity contribution is 0.679. The van der Waals surface area contributed by atoms with Gasteiger partial charge in [0.25, 0.3) is 0 Å². The van der Waals surface area contributed by atoms with Crippen LogP contribution in [0.15, 0.2) is 22.7 Å². The van der Waals surface area contributed by atoms with Crippen molar-refractivity contribution >= 4 is 22.1 Å². The van der Waals surface area contributed by atoms with Crippen LogP contribution in [0.3, 0.4) is 0 Å². The molecule has 0 spiro atoms. The molecule has 2 aromatic rings. The van der Waals surface area contributed by atoms with Gasteiger partial charge < -0.3 is 0 Å². The minimum Gasteiger partial charge on any atom is -0.251 e. The molecule has 0 aromatic carbocycles. The minimum absolute atomic E-state index is 0.409. The SMILES string of the molecule is Cc1nc(S(C)=O)nc(-c2cccs2)c1C. The van der Waals surface area contributed by atoms with Crippen molar-refractivity contribution in [3.05, 3.63) is 28.8 Å². The van der Waals surface area contributed by atoms with E-state index in [9.17, 15) is 4.21 Å². The summed E-state index contributed by atoms with van der Waals surface area (Å²) in [6.07, 6.45) is 1.60. The van der Waals surface area contributed by atoms with Crippen LogP contribution in [0.5, 0.6) is 0 Å². The van der Waals surface area contributed by atoms with Crippen LogP contribution in [-0.4, -0.2) is 20.4 Å². The molecule has 0 aliphatic rings. The molecule has 1 unspecified atom stereocenters. The lowest BCUT2D eigenvalue weighted by Crippen LogP contribution is -2.03. The molecule has 3 nitrogen and oxygen atoms in total. The molecule has 0 aliphatic heterocycles. The first-order valence-electron chi connectivity index (χ1n) is 4.82. The molecule has 0 bridgehead atoms. The highest BCUT2D eigenvalue weighted by Crippen LogP contribution is 2.27. The monoisotopic (exact) mass is 252 g/mol. The van der Waals surface area contributed by atoms with Gasteiger partial charge in [-0.15, -0.1) is 11.3 Å². The first-order valence-corrected chi connectivity index (χ1v) is 7.26. The van der Waals surface area contributed by atoms with Crippen molar-refractivity contribution in [3.63, 3.8) is 0 Å². The van der Waals surface area contributed by atoms with E-state index in [0.29, 0.717) is 5.16 Å². The van der Waals surface area contributed by atoms with E-state index in [4.69, 9.17) is 0 Å². The van der Waals surface area contributed by atoms with Gasteiger partial charge in [0.15, 0.2) is 0 Å². The number of rotatable bonds is 2. The number of hydrogen-bond donors (Lipinski definition) is 0. The zero-order valence-corrected chi connectivity index (χ0v) is 11.0. The van der Waals surface area contributed by atoms with Crippen molar-refractivity contribution in [3.8, 4) is 10.6 Å². The van der Waals surface area contributed by atoms with Gasteiger partial charge in [-0.3, -0.25) is 4.21 Å². The minimum atomic E-state index is -1.14. The molecule has 0 saturated carbocycles. The fraction of sp³-hybridized carbons (Fsp3) is 0.273. The van der Waals surface area contributed by atoms with E-state index in [1.807, 2.05) is 31.4 Å².